The number of hydrogen-bond acceptors (Lipinski definition) is 3. The molecule has 0 aromatic heterocycles. The van der Waals surface area contributed by atoms with E-state index in [1.807, 2.05) is 30.3 Å². The van der Waals surface area contributed by atoms with Gasteiger partial charge in [0.05, 0.1) is 0 Å². The van der Waals surface area contributed by atoms with Gasteiger partial charge in [0.1, 0.15) is 0 Å². The Morgan fingerprint density at radius 2 is 1.65 bits per heavy atom. The summed E-state index contributed by atoms with van der Waals surface area (Å²) in [4.78, 5) is 24.3. The quantitative estimate of drug-likeness (QED) is 0.759. The molecule has 0 radical (unpaired) electrons. The highest BCUT2D eigenvalue weighted by Gasteiger charge is 2.29. The molecule has 0 saturated heterocycles. The lowest BCUT2D eigenvalue weighted by Gasteiger charge is -2.27. The molecule has 1 saturated carbocycles. The lowest BCUT2D eigenvalue weighted by molar-refractivity contribution is -0.128. The molecular weight excluding hydrogens is 292 g/mol. The molecule has 0 heterocycles. The topological polar surface area (TPSA) is 67.4 Å². The second kappa shape index (κ2) is 9.30. The zero-order valence-corrected chi connectivity index (χ0v) is 13.7. The lowest BCUT2D eigenvalue weighted by atomic mass is 9.81. The number of amides is 2. The SMILES string of the molecule is COCCCNC(=O)C1CCC(C(=O)Nc2ccccc2)CC1. The number of anilines is 1. The maximum Gasteiger partial charge on any atom is 0.227 e. The smallest absolute Gasteiger partial charge is 0.227 e. The minimum atomic E-state index is 0.00717. The highest BCUT2D eigenvalue weighted by molar-refractivity contribution is 5.92. The third kappa shape index (κ3) is 5.67. The second-order valence-corrected chi connectivity index (χ2v) is 6.04. The Balaban J connectivity index is 1.70. The molecule has 1 aliphatic rings. The maximum atomic E-state index is 12.3. The van der Waals surface area contributed by atoms with E-state index in [2.05, 4.69) is 10.6 Å². The molecule has 0 unspecified atom stereocenters. The van der Waals surface area contributed by atoms with E-state index in [0.29, 0.717) is 13.2 Å². The molecule has 1 aromatic carbocycles. The predicted molar refractivity (Wildman–Crippen MR) is 90.0 cm³/mol. The van der Waals surface area contributed by atoms with Gasteiger partial charge in [-0.3, -0.25) is 9.59 Å². The van der Waals surface area contributed by atoms with Crippen LogP contribution in [0.2, 0.25) is 0 Å². The molecule has 0 spiro atoms. The Morgan fingerprint density at radius 1 is 1.04 bits per heavy atom. The number of nitrogens with one attached hydrogen (secondary N) is 2. The third-order valence-corrected chi connectivity index (χ3v) is 4.33. The first kappa shape index (κ1) is 17.5. The first-order valence-electron chi connectivity index (χ1n) is 8.33. The summed E-state index contributed by atoms with van der Waals surface area (Å²) in [6, 6.07) is 9.50. The largest absolute Gasteiger partial charge is 0.385 e. The molecule has 2 rings (SSSR count). The van der Waals surface area contributed by atoms with E-state index in [9.17, 15) is 9.59 Å². The molecule has 2 N–H and O–H groups in total. The van der Waals surface area contributed by atoms with Crippen molar-refractivity contribution in [2.75, 3.05) is 25.6 Å². The standard InChI is InChI=1S/C18H26N2O3/c1-23-13-5-12-19-17(21)14-8-10-15(11-9-14)18(22)20-16-6-3-2-4-7-16/h2-4,6-7,14-15H,5,8-13H2,1H3,(H,19,21)(H,20,22). The monoisotopic (exact) mass is 318 g/mol. The maximum absolute atomic E-state index is 12.3. The molecule has 23 heavy (non-hydrogen) atoms. The van der Waals surface area contributed by atoms with Gasteiger partial charge >= 0.3 is 0 Å². The zero-order valence-electron chi connectivity index (χ0n) is 13.7. The Labute approximate surface area is 137 Å². The highest BCUT2D eigenvalue weighted by Crippen LogP contribution is 2.29. The number of ether oxygens (including phenoxy) is 1. The number of hydrogen-bond donors (Lipinski definition) is 2. The van der Waals surface area contributed by atoms with Crippen LogP contribution in [0.25, 0.3) is 0 Å². The molecule has 0 bridgehead atoms. The van der Waals surface area contributed by atoms with Crippen LogP contribution in [0.4, 0.5) is 5.69 Å². The summed E-state index contributed by atoms with van der Waals surface area (Å²) >= 11 is 0. The predicted octanol–water partition coefficient (Wildman–Crippen LogP) is 2.58. The first-order valence-corrected chi connectivity index (χ1v) is 8.33. The van der Waals surface area contributed by atoms with Crippen LogP contribution in [-0.4, -0.2) is 32.1 Å². The van der Waals surface area contributed by atoms with Crippen molar-refractivity contribution in [3.8, 4) is 0 Å². The Hall–Kier alpha value is -1.88. The summed E-state index contributed by atoms with van der Waals surface area (Å²) in [5.41, 5.74) is 0.829. The molecule has 1 aliphatic carbocycles. The normalized spacial score (nSPS) is 20.7. The van der Waals surface area contributed by atoms with E-state index in [4.69, 9.17) is 4.74 Å². The average molecular weight is 318 g/mol. The van der Waals surface area contributed by atoms with Crippen molar-refractivity contribution < 1.29 is 14.3 Å². The van der Waals surface area contributed by atoms with Gasteiger partial charge in [-0.25, -0.2) is 0 Å². The average Bonchev–Trinajstić information content (AvgIpc) is 2.59. The summed E-state index contributed by atoms with van der Waals surface area (Å²) < 4.78 is 4.96. The van der Waals surface area contributed by atoms with Crippen LogP contribution in [-0.2, 0) is 14.3 Å². The number of carbonyl (C=O) groups is 2. The molecular formula is C18H26N2O3. The Morgan fingerprint density at radius 3 is 2.26 bits per heavy atom. The van der Waals surface area contributed by atoms with E-state index in [1.165, 1.54) is 0 Å². The van der Waals surface area contributed by atoms with E-state index in [-0.39, 0.29) is 23.7 Å². The summed E-state index contributed by atoms with van der Waals surface area (Å²) in [5.74, 6) is 0.226. The van der Waals surface area contributed by atoms with Gasteiger partial charge in [0.2, 0.25) is 11.8 Å². The van der Waals surface area contributed by atoms with E-state index in [1.54, 1.807) is 7.11 Å². The summed E-state index contributed by atoms with van der Waals surface area (Å²) in [7, 11) is 1.66. The van der Waals surface area contributed by atoms with Crippen molar-refractivity contribution in [1.82, 2.24) is 5.32 Å². The van der Waals surface area contributed by atoms with E-state index >= 15 is 0 Å². The minimum Gasteiger partial charge on any atom is -0.385 e. The number of methoxy groups -OCH3 is 1. The molecule has 2 amide bonds. The zero-order chi connectivity index (χ0) is 16.5. The van der Waals surface area contributed by atoms with Gasteiger partial charge in [-0.15, -0.1) is 0 Å². The van der Waals surface area contributed by atoms with Gasteiger partial charge in [0.25, 0.3) is 0 Å². The second-order valence-electron chi connectivity index (χ2n) is 6.04. The number of para-hydroxylation sites is 1. The van der Waals surface area contributed by atoms with Gasteiger partial charge in [-0.05, 0) is 44.2 Å². The fourth-order valence-corrected chi connectivity index (χ4v) is 2.96. The van der Waals surface area contributed by atoms with Crippen LogP contribution in [0.5, 0.6) is 0 Å². The summed E-state index contributed by atoms with van der Waals surface area (Å²) in [6.07, 6.45) is 3.94. The summed E-state index contributed by atoms with van der Waals surface area (Å²) in [5, 5.41) is 5.90. The van der Waals surface area contributed by atoms with Crippen molar-refractivity contribution in [2.45, 2.75) is 32.1 Å². The van der Waals surface area contributed by atoms with Crippen LogP contribution in [0.1, 0.15) is 32.1 Å². The Bertz CT molecular complexity index is 496. The lowest BCUT2D eigenvalue weighted by Crippen LogP contribution is -2.36. The van der Waals surface area contributed by atoms with Crippen molar-refractivity contribution in [1.29, 1.82) is 0 Å². The molecule has 0 aliphatic heterocycles. The fourth-order valence-electron chi connectivity index (χ4n) is 2.96. The van der Waals surface area contributed by atoms with Crippen molar-refractivity contribution in [2.24, 2.45) is 11.8 Å². The molecule has 126 valence electrons. The van der Waals surface area contributed by atoms with E-state index in [0.717, 1.165) is 37.8 Å². The molecule has 5 nitrogen and oxygen atoms in total. The van der Waals surface area contributed by atoms with Crippen LogP contribution < -0.4 is 10.6 Å². The van der Waals surface area contributed by atoms with Gasteiger partial charge in [0, 0.05) is 37.8 Å². The van der Waals surface area contributed by atoms with Gasteiger partial charge in [-0.2, -0.15) is 0 Å². The number of carbonyl (C=O) groups excluding carboxylic acids is 2. The van der Waals surface area contributed by atoms with Crippen molar-refractivity contribution >= 4 is 17.5 Å². The van der Waals surface area contributed by atoms with Crippen LogP contribution in [0.15, 0.2) is 30.3 Å². The fraction of sp³-hybridized carbons (Fsp3) is 0.556. The van der Waals surface area contributed by atoms with Gasteiger partial charge < -0.3 is 15.4 Å². The highest BCUT2D eigenvalue weighted by atomic mass is 16.5. The number of rotatable bonds is 7. The number of benzene rings is 1. The van der Waals surface area contributed by atoms with Crippen LogP contribution in [0.3, 0.4) is 0 Å². The van der Waals surface area contributed by atoms with Crippen LogP contribution in [0, 0.1) is 11.8 Å². The molecule has 1 fully saturated rings. The van der Waals surface area contributed by atoms with Gasteiger partial charge in [-0.1, -0.05) is 18.2 Å². The summed E-state index contributed by atoms with van der Waals surface area (Å²) in [6.45, 7) is 1.31. The van der Waals surface area contributed by atoms with Crippen molar-refractivity contribution in [3.05, 3.63) is 30.3 Å². The first-order chi connectivity index (χ1) is 11.2. The van der Waals surface area contributed by atoms with Crippen LogP contribution >= 0.6 is 0 Å². The Kier molecular flexibility index (Phi) is 7.07. The van der Waals surface area contributed by atoms with E-state index < -0.39 is 0 Å². The molecule has 0 atom stereocenters. The third-order valence-electron chi connectivity index (χ3n) is 4.33. The van der Waals surface area contributed by atoms with Gasteiger partial charge in [0.15, 0.2) is 0 Å². The molecule has 1 aromatic rings. The molecule has 5 heteroatoms. The minimum absolute atomic E-state index is 0.00717. The van der Waals surface area contributed by atoms with Crippen molar-refractivity contribution in [3.63, 3.8) is 0 Å².